The molecule has 2 rings (SSSR count). The number of aliphatic hydroxyl groups excluding tert-OH is 1. The van der Waals surface area contributed by atoms with Crippen LogP contribution in [0.25, 0.3) is 0 Å². The van der Waals surface area contributed by atoms with Crippen LogP contribution >= 0.6 is 0 Å². The highest BCUT2D eigenvalue weighted by atomic mass is 32.2. The van der Waals surface area contributed by atoms with Gasteiger partial charge in [-0.1, -0.05) is 0 Å². The molecule has 100 valence electrons. The summed E-state index contributed by atoms with van der Waals surface area (Å²) in [7, 11) is -2.81. The number of ether oxygens (including phenoxy) is 2. The van der Waals surface area contributed by atoms with Crippen molar-refractivity contribution in [3.05, 3.63) is 0 Å². The molecule has 5 nitrogen and oxygen atoms in total. The van der Waals surface area contributed by atoms with Gasteiger partial charge < -0.3 is 14.6 Å². The first-order valence-electron chi connectivity index (χ1n) is 6.05. The second-order valence-corrected chi connectivity index (χ2v) is 7.47. The summed E-state index contributed by atoms with van der Waals surface area (Å²) in [6, 6.07) is 0. The largest absolute Gasteiger partial charge is 0.394 e. The summed E-state index contributed by atoms with van der Waals surface area (Å²) < 4.78 is 33.8. The summed E-state index contributed by atoms with van der Waals surface area (Å²) in [4.78, 5) is 0. The van der Waals surface area contributed by atoms with Crippen molar-refractivity contribution in [2.75, 3.05) is 24.7 Å². The van der Waals surface area contributed by atoms with Gasteiger partial charge in [0.05, 0.1) is 24.7 Å². The van der Waals surface area contributed by atoms with Gasteiger partial charge in [-0.15, -0.1) is 0 Å². The second kappa shape index (κ2) is 4.84. The van der Waals surface area contributed by atoms with Gasteiger partial charge in [-0.05, 0) is 25.7 Å². The monoisotopic (exact) mass is 264 g/mol. The van der Waals surface area contributed by atoms with E-state index in [0.29, 0.717) is 31.8 Å². The van der Waals surface area contributed by atoms with E-state index in [-0.39, 0.29) is 24.2 Å². The maximum Gasteiger partial charge on any atom is 0.166 e. The van der Waals surface area contributed by atoms with Crippen molar-refractivity contribution >= 4 is 9.84 Å². The Hall–Kier alpha value is -0.170. The maximum atomic E-state index is 11.3. The first-order valence-corrected chi connectivity index (χ1v) is 7.88. The van der Waals surface area contributed by atoms with Crippen molar-refractivity contribution in [2.45, 2.75) is 38.1 Å². The maximum absolute atomic E-state index is 11.3. The van der Waals surface area contributed by atoms with Crippen LogP contribution in [0.1, 0.15) is 26.2 Å². The molecule has 1 N–H and O–H groups in total. The predicted octanol–water partition coefficient (Wildman–Crippen LogP) is 0.325. The molecule has 0 saturated carbocycles. The third-order valence-electron chi connectivity index (χ3n) is 3.53. The molecule has 0 aromatic rings. The molecule has 2 heterocycles. The van der Waals surface area contributed by atoms with E-state index in [4.69, 9.17) is 14.6 Å². The van der Waals surface area contributed by atoms with Gasteiger partial charge in [0.15, 0.2) is 5.79 Å². The molecule has 2 unspecified atom stereocenters. The quantitative estimate of drug-likeness (QED) is 0.795. The summed E-state index contributed by atoms with van der Waals surface area (Å²) in [6.45, 7) is 2.25. The fourth-order valence-electron chi connectivity index (χ4n) is 2.55. The van der Waals surface area contributed by atoms with Gasteiger partial charge in [-0.25, -0.2) is 8.42 Å². The Morgan fingerprint density at radius 1 is 1.35 bits per heavy atom. The molecule has 0 amide bonds. The highest BCUT2D eigenvalue weighted by Crippen LogP contribution is 2.34. The lowest BCUT2D eigenvalue weighted by atomic mass is 9.94. The van der Waals surface area contributed by atoms with E-state index in [2.05, 4.69) is 0 Å². The Morgan fingerprint density at radius 2 is 2.00 bits per heavy atom. The minimum absolute atomic E-state index is 0.0331. The van der Waals surface area contributed by atoms with E-state index in [1.54, 1.807) is 0 Å². The molecular formula is C11H20O5S. The summed E-state index contributed by atoms with van der Waals surface area (Å²) >= 11 is 0. The average molecular weight is 264 g/mol. The van der Waals surface area contributed by atoms with Crippen LogP contribution in [0.2, 0.25) is 0 Å². The number of hydrogen-bond donors (Lipinski definition) is 1. The Bertz CT molecular complexity index is 352. The first kappa shape index (κ1) is 13.3. The topological polar surface area (TPSA) is 72.8 Å². The molecule has 2 aliphatic heterocycles. The fraction of sp³-hybridized carbons (Fsp3) is 1.00. The van der Waals surface area contributed by atoms with Crippen molar-refractivity contribution < 1.29 is 23.0 Å². The van der Waals surface area contributed by atoms with Crippen LogP contribution < -0.4 is 0 Å². The van der Waals surface area contributed by atoms with Crippen LogP contribution in [-0.2, 0) is 19.3 Å². The highest BCUT2D eigenvalue weighted by molar-refractivity contribution is 7.91. The van der Waals surface area contributed by atoms with E-state index in [9.17, 15) is 8.42 Å². The molecule has 0 aliphatic carbocycles. The van der Waals surface area contributed by atoms with Crippen LogP contribution in [0.15, 0.2) is 0 Å². The zero-order valence-electron chi connectivity index (χ0n) is 10.1. The van der Waals surface area contributed by atoms with E-state index in [1.165, 1.54) is 0 Å². The smallest absolute Gasteiger partial charge is 0.166 e. The molecule has 0 aromatic carbocycles. The number of rotatable bonds is 3. The van der Waals surface area contributed by atoms with E-state index in [0.717, 1.165) is 0 Å². The zero-order chi connectivity index (χ0) is 12.5. The molecule has 2 atom stereocenters. The minimum Gasteiger partial charge on any atom is -0.394 e. The minimum atomic E-state index is -2.81. The number of sulfone groups is 1. The van der Waals surface area contributed by atoms with Crippen LogP contribution in [0.3, 0.4) is 0 Å². The van der Waals surface area contributed by atoms with Crippen molar-refractivity contribution in [1.29, 1.82) is 0 Å². The van der Waals surface area contributed by atoms with Crippen molar-refractivity contribution in [3.63, 3.8) is 0 Å². The van der Waals surface area contributed by atoms with Gasteiger partial charge in [-0.3, -0.25) is 0 Å². The van der Waals surface area contributed by atoms with Crippen molar-refractivity contribution in [2.24, 2.45) is 5.92 Å². The highest BCUT2D eigenvalue weighted by Gasteiger charge is 2.39. The Balaban J connectivity index is 1.86. The second-order valence-electron chi connectivity index (χ2n) is 5.17. The average Bonchev–Trinajstić information content (AvgIpc) is 2.64. The molecule has 0 spiro atoms. The van der Waals surface area contributed by atoms with Crippen LogP contribution in [0.5, 0.6) is 0 Å². The SMILES string of the molecule is CC1(CC2CCS(=O)(=O)CC2)OCC(CO)O1. The van der Waals surface area contributed by atoms with E-state index < -0.39 is 15.6 Å². The molecule has 2 saturated heterocycles. The van der Waals surface area contributed by atoms with E-state index in [1.807, 2.05) is 6.92 Å². The number of aliphatic hydroxyl groups is 1. The first-order chi connectivity index (χ1) is 7.92. The summed E-state index contributed by atoms with van der Waals surface area (Å²) in [5.41, 5.74) is 0. The molecule has 0 bridgehead atoms. The lowest BCUT2D eigenvalue weighted by Gasteiger charge is -2.30. The standard InChI is InChI=1S/C11H20O5S/c1-11(15-8-10(7-12)16-11)6-9-2-4-17(13,14)5-3-9/h9-10,12H,2-8H2,1H3. The van der Waals surface area contributed by atoms with Crippen molar-refractivity contribution in [3.8, 4) is 0 Å². The van der Waals surface area contributed by atoms with Gasteiger partial charge in [-0.2, -0.15) is 0 Å². The zero-order valence-corrected chi connectivity index (χ0v) is 10.9. The summed E-state index contributed by atoms with van der Waals surface area (Å²) in [5.74, 6) is 0.231. The molecule has 6 heteroatoms. The van der Waals surface area contributed by atoms with Gasteiger partial charge >= 0.3 is 0 Å². The van der Waals surface area contributed by atoms with Gasteiger partial charge in [0.1, 0.15) is 15.9 Å². The third kappa shape index (κ3) is 3.40. The predicted molar refractivity (Wildman–Crippen MR) is 62.3 cm³/mol. The summed E-state index contributed by atoms with van der Waals surface area (Å²) in [5, 5.41) is 8.99. The summed E-state index contributed by atoms with van der Waals surface area (Å²) in [6.07, 6.45) is 1.84. The van der Waals surface area contributed by atoms with Gasteiger partial charge in [0, 0.05) is 6.42 Å². The Kier molecular flexibility index (Phi) is 3.77. The van der Waals surface area contributed by atoms with Crippen molar-refractivity contribution in [1.82, 2.24) is 0 Å². The van der Waals surface area contributed by atoms with Crippen LogP contribution in [0.4, 0.5) is 0 Å². The molecule has 0 aromatic heterocycles. The molecule has 0 radical (unpaired) electrons. The fourth-order valence-corrected chi connectivity index (χ4v) is 4.14. The normalized spacial score (nSPS) is 38.4. The molecule has 17 heavy (non-hydrogen) atoms. The number of hydrogen-bond acceptors (Lipinski definition) is 5. The lowest BCUT2D eigenvalue weighted by Crippen LogP contribution is -2.34. The van der Waals surface area contributed by atoms with Gasteiger partial charge in [0.2, 0.25) is 0 Å². The third-order valence-corrected chi connectivity index (χ3v) is 5.24. The molecule has 2 fully saturated rings. The van der Waals surface area contributed by atoms with Gasteiger partial charge in [0.25, 0.3) is 0 Å². The van der Waals surface area contributed by atoms with Crippen LogP contribution in [0, 0.1) is 5.92 Å². The Labute approximate surface area is 102 Å². The lowest BCUT2D eigenvalue weighted by molar-refractivity contribution is -0.169. The molecule has 2 aliphatic rings. The molecular weight excluding hydrogens is 244 g/mol. The van der Waals surface area contributed by atoms with Crippen LogP contribution in [-0.4, -0.2) is 50.1 Å². The Morgan fingerprint density at radius 3 is 2.53 bits per heavy atom. The van der Waals surface area contributed by atoms with E-state index >= 15 is 0 Å².